The molecule has 0 atom stereocenters. The molecule has 0 aliphatic rings. The van der Waals surface area contributed by atoms with Crippen LogP contribution in [0.15, 0.2) is 24.3 Å². The van der Waals surface area contributed by atoms with E-state index in [1.165, 1.54) is 4.90 Å². The van der Waals surface area contributed by atoms with Crippen molar-refractivity contribution in [3.05, 3.63) is 30.0 Å². The van der Waals surface area contributed by atoms with Gasteiger partial charge in [-0.3, -0.25) is 4.79 Å². The Kier molecular flexibility index (Phi) is 2.11. The summed E-state index contributed by atoms with van der Waals surface area (Å²) >= 11 is 0. The van der Waals surface area contributed by atoms with Crippen LogP contribution < -0.4 is 5.73 Å². The molecule has 0 unspecified atom stereocenters. The van der Waals surface area contributed by atoms with Crippen LogP contribution in [0, 0.1) is 0 Å². The van der Waals surface area contributed by atoms with Crippen molar-refractivity contribution in [2.75, 3.05) is 19.8 Å². The molecule has 0 radical (unpaired) electrons. The van der Waals surface area contributed by atoms with Crippen LogP contribution in [0.2, 0.25) is 0 Å². The Balaban J connectivity index is 2.57. The lowest BCUT2D eigenvalue weighted by Gasteiger charge is -2.07. The molecular formula is C11H13N3O. The van der Waals surface area contributed by atoms with Gasteiger partial charge < -0.3 is 15.6 Å². The minimum Gasteiger partial charge on any atom is -0.397 e. The highest BCUT2D eigenvalue weighted by atomic mass is 16.2. The Hall–Kier alpha value is -1.97. The fourth-order valence-corrected chi connectivity index (χ4v) is 1.54. The topological polar surface area (TPSA) is 62.1 Å². The lowest BCUT2D eigenvalue weighted by molar-refractivity contribution is 0.0823. The molecule has 0 aliphatic heterocycles. The lowest BCUT2D eigenvalue weighted by atomic mass is 10.2. The van der Waals surface area contributed by atoms with Gasteiger partial charge in [-0.2, -0.15) is 0 Å². The molecule has 2 aromatic rings. The van der Waals surface area contributed by atoms with Crippen LogP contribution in [0.25, 0.3) is 10.9 Å². The van der Waals surface area contributed by atoms with Crippen molar-refractivity contribution in [3.63, 3.8) is 0 Å². The van der Waals surface area contributed by atoms with Gasteiger partial charge in [0.05, 0.1) is 11.2 Å². The van der Waals surface area contributed by atoms with Gasteiger partial charge in [0.2, 0.25) is 0 Å². The van der Waals surface area contributed by atoms with Crippen molar-refractivity contribution in [3.8, 4) is 0 Å². The van der Waals surface area contributed by atoms with E-state index in [2.05, 4.69) is 4.98 Å². The fourth-order valence-electron chi connectivity index (χ4n) is 1.54. The molecule has 2 rings (SSSR count). The number of carbonyl (C=O) groups excluding carboxylic acids is 1. The number of nitrogens with one attached hydrogen (secondary N) is 1. The largest absolute Gasteiger partial charge is 0.397 e. The zero-order valence-corrected chi connectivity index (χ0v) is 8.74. The number of carbonyl (C=O) groups is 1. The van der Waals surface area contributed by atoms with Gasteiger partial charge in [-0.25, -0.2) is 0 Å². The van der Waals surface area contributed by atoms with Crippen LogP contribution in [0.3, 0.4) is 0 Å². The highest BCUT2D eigenvalue weighted by molar-refractivity contribution is 6.00. The predicted octanol–water partition coefficient (Wildman–Crippen LogP) is 1.45. The normalized spacial score (nSPS) is 10.5. The number of aromatic nitrogens is 1. The van der Waals surface area contributed by atoms with Gasteiger partial charge in [0.25, 0.3) is 5.91 Å². The van der Waals surface area contributed by atoms with Gasteiger partial charge in [-0.15, -0.1) is 0 Å². The van der Waals surface area contributed by atoms with Gasteiger partial charge in [-0.05, 0) is 12.1 Å². The van der Waals surface area contributed by atoms with E-state index in [4.69, 9.17) is 5.73 Å². The Bertz CT molecular complexity index is 514. The zero-order chi connectivity index (χ0) is 11.0. The van der Waals surface area contributed by atoms with Crippen molar-refractivity contribution >= 4 is 22.5 Å². The lowest BCUT2D eigenvalue weighted by Crippen LogP contribution is -2.21. The quantitative estimate of drug-likeness (QED) is 0.689. The Labute approximate surface area is 87.7 Å². The van der Waals surface area contributed by atoms with Crippen LogP contribution in [0.1, 0.15) is 10.5 Å². The molecule has 15 heavy (non-hydrogen) atoms. The monoisotopic (exact) mass is 203 g/mol. The van der Waals surface area contributed by atoms with Crippen LogP contribution in [-0.4, -0.2) is 29.9 Å². The van der Waals surface area contributed by atoms with Crippen LogP contribution in [-0.2, 0) is 0 Å². The van der Waals surface area contributed by atoms with E-state index in [1.54, 1.807) is 14.1 Å². The molecule has 78 valence electrons. The van der Waals surface area contributed by atoms with Gasteiger partial charge in [0.15, 0.2) is 0 Å². The number of nitrogen functional groups attached to an aromatic ring is 1. The first-order chi connectivity index (χ1) is 7.09. The number of benzene rings is 1. The second-order valence-corrected chi connectivity index (χ2v) is 3.69. The second kappa shape index (κ2) is 3.31. The first kappa shape index (κ1) is 9.58. The number of rotatable bonds is 1. The molecule has 0 saturated heterocycles. The van der Waals surface area contributed by atoms with Crippen LogP contribution in [0.4, 0.5) is 5.69 Å². The number of H-pyrrole nitrogens is 1. The molecule has 4 nitrogen and oxygen atoms in total. The van der Waals surface area contributed by atoms with E-state index >= 15 is 0 Å². The maximum Gasteiger partial charge on any atom is 0.269 e. The number of nitrogens with zero attached hydrogens (tertiary/aromatic N) is 1. The third-order valence-electron chi connectivity index (χ3n) is 2.33. The summed E-state index contributed by atoms with van der Waals surface area (Å²) in [6, 6.07) is 7.42. The molecule has 0 fully saturated rings. The Morgan fingerprint density at radius 2 is 2.13 bits per heavy atom. The summed E-state index contributed by atoms with van der Waals surface area (Å²) < 4.78 is 0. The maximum absolute atomic E-state index is 11.7. The number of nitrogens with two attached hydrogens (primary N) is 1. The van der Waals surface area contributed by atoms with Crippen LogP contribution in [0.5, 0.6) is 0 Å². The second-order valence-electron chi connectivity index (χ2n) is 3.69. The summed E-state index contributed by atoms with van der Waals surface area (Å²) in [4.78, 5) is 16.2. The summed E-state index contributed by atoms with van der Waals surface area (Å²) in [5.41, 5.74) is 7.83. The summed E-state index contributed by atoms with van der Waals surface area (Å²) in [5.74, 6) is -0.0504. The van der Waals surface area contributed by atoms with Crippen LogP contribution >= 0.6 is 0 Å². The van der Waals surface area contributed by atoms with E-state index in [1.807, 2.05) is 24.3 Å². The van der Waals surface area contributed by atoms with Crippen molar-refractivity contribution < 1.29 is 4.79 Å². The third kappa shape index (κ3) is 1.54. The smallest absolute Gasteiger partial charge is 0.269 e. The van der Waals surface area contributed by atoms with Crippen molar-refractivity contribution in [2.45, 2.75) is 0 Å². The van der Waals surface area contributed by atoms with E-state index in [9.17, 15) is 4.79 Å². The molecule has 1 aromatic heterocycles. The molecule has 0 aliphatic carbocycles. The summed E-state index contributed by atoms with van der Waals surface area (Å²) in [6.07, 6.45) is 0. The minimum atomic E-state index is -0.0504. The predicted molar refractivity (Wildman–Crippen MR) is 60.7 cm³/mol. The van der Waals surface area contributed by atoms with Gasteiger partial charge in [0.1, 0.15) is 5.69 Å². The van der Waals surface area contributed by atoms with E-state index in [0.717, 1.165) is 10.9 Å². The van der Waals surface area contributed by atoms with Gasteiger partial charge >= 0.3 is 0 Å². The number of aromatic amines is 1. The van der Waals surface area contributed by atoms with Gasteiger partial charge in [0, 0.05) is 19.5 Å². The zero-order valence-electron chi connectivity index (χ0n) is 8.74. The Morgan fingerprint density at radius 1 is 1.40 bits per heavy atom. The van der Waals surface area contributed by atoms with E-state index in [-0.39, 0.29) is 5.91 Å². The molecule has 3 N–H and O–H groups in total. The standard InChI is InChI=1S/C11H13N3O/c1-14(2)11(15)9-6-7-4-3-5-8(12)10(7)13-9/h3-6,13H,12H2,1-2H3. The molecule has 0 saturated carbocycles. The average molecular weight is 203 g/mol. The van der Waals surface area contributed by atoms with Crippen molar-refractivity contribution in [1.29, 1.82) is 0 Å². The molecule has 1 amide bonds. The summed E-state index contributed by atoms with van der Waals surface area (Å²) in [5, 5.41) is 0.959. The molecule has 0 bridgehead atoms. The van der Waals surface area contributed by atoms with Crippen molar-refractivity contribution in [2.24, 2.45) is 0 Å². The number of para-hydroxylation sites is 1. The molecule has 1 heterocycles. The summed E-state index contributed by atoms with van der Waals surface area (Å²) in [7, 11) is 3.44. The minimum absolute atomic E-state index is 0.0504. The van der Waals surface area contributed by atoms with E-state index in [0.29, 0.717) is 11.4 Å². The first-order valence-corrected chi connectivity index (χ1v) is 4.68. The Morgan fingerprint density at radius 3 is 2.73 bits per heavy atom. The number of hydrogen-bond acceptors (Lipinski definition) is 2. The SMILES string of the molecule is CN(C)C(=O)c1cc2cccc(N)c2[nH]1. The summed E-state index contributed by atoms with van der Waals surface area (Å²) in [6.45, 7) is 0. The number of fused-ring (bicyclic) bond motifs is 1. The van der Waals surface area contributed by atoms with Crippen molar-refractivity contribution in [1.82, 2.24) is 9.88 Å². The fraction of sp³-hybridized carbons (Fsp3) is 0.182. The molecule has 0 spiro atoms. The maximum atomic E-state index is 11.7. The van der Waals surface area contributed by atoms with E-state index < -0.39 is 0 Å². The number of hydrogen-bond donors (Lipinski definition) is 2. The number of anilines is 1. The highest BCUT2D eigenvalue weighted by Gasteiger charge is 2.11. The molecule has 4 heteroatoms. The number of amides is 1. The highest BCUT2D eigenvalue weighted by Crippen LogP contribution is 2.21. The first-order valence-electron chi connectivity index (χ1n) is 4.68. The molecular weight excluding hydrogens is 190 g/mol. The average Bonchev–Trinajstić information content (AvgIpc) is 2.61. The van der Waals surface area contributed by atoms with Gasteiger partial charge in [-0.1, -0.05) is 12.1 Å². The molecule has 1 aromatic carbocycles. The third-order valence-corrected chi connectivity index (χ3v) is 2.33.